The van der Waals surface area contributed by atoms with Crippen molar-refractivity contribution in [3.05, 3.63) is 40.6 Å². The third-order valence-corrected chi connectivity index (χ3v) is 4.42. The summed E-state index contributed by atoms with van der Waals surface area (Å²) < 4.78 is 38.4. The molecule has 0 unspecified atom stereocenters. The van der Waals surface area contributed by atoms with Gasteiger partial charge in [-0.2, -0.15) is 13.2 Å². The van der Waals surface area contributed by atoms with Crippen LogP contribution >= 0.6 is 23.8 Å². The van der Waals surface area contributed by atoms with Gasteiger partial charge >= 0.3 is 6.18 Å². The molecule has 0 radical (unpaired) electrons. The van der Waals surface area contributed by atoms with Crippen molar-refractivity contribution in [1.82, 2.24) is 10.9 Å². The molecule has 1 aromatic rings. The average molecular weight is 392 g/mol. The van der Waals surface area contributed by atoms with Gasteiger partial charge in [-0.25, -0.2) is 0 Å². The fraction of sp³-hybridized carbons (Fsp3) is 0.471. The van der Waals surface area contributed by atoms with Crippen molar-refractivity contribution in [2.45, 2.75) is 39.8 Å². The summed E-state index contributed by atoms with van der Waals surface area (Å²) in [5, 5.41) is 2.99. The number of thiocarbonyl (C=S) groups is 1. The molecule has 25 heavy (non-hydrogen) atoms. The molecule has 0 fully saturated rings. The molecule has 0 saturated heterocycles. The average Bonchev–Trinajstić information content (AvgIpc) is 2.44. The van der Waals surface area contributed by atoms with Crippen molar-refractivity contribution in [2.75, 3.05) is 5.32 Å². The van der Waals surface area contributed by atoms with E-state index in [1.54, 1.807) is 0 Å². The van der Waals surface area contributed by atoms with Gasteiger partial charge in [0.1, 0.15) is 0 Å². The topological polar surface area (TPSA) is 36.1 Å². The Kier molecular flexibility index (Phi) is 5.89. The van der Waals surface area contributed by atoms with Crippen molar-refractivity contribution in [1.29, 1.82) is 0 Å². The van der Waals surface area contributed by atoms with E-state index >= 15 is 0 Å². The van der Waals surface area contributed by atoms with Gasteiger partial charge in [0.25, 0.3) is 0 Å². The normalized spacial score (nSPS) is 19.8. The minimum absolute atomic E-state index is 0.0844. The van der Waals surface area contributed by atoms with Crippen LogP contribution in [0.25, 0.3) is 0 Å². The minimum atomic E-state index is -4.44. The van der Waals surface area contributed by atoms with Crippen molar-refractivity contribution >= 4 is 34.6 Å². The molecule has 0 heterocycles. The van der Waals surface area contributed by atoms with Crippen LogP contribution in [0.5, 0.6) is 0 Å². The molecule has 1 aliphatic carbocycles. The number of anilines is 1. The third-order valence-electron chi connectivity index (χ3n) is 3.89. The zero-order chi connectivity index (χ0) is 18.8. The summed E-state index contributed by atoms with van der Waals surface area (Å²) in [7, 11) is 0. The second-order valence-electron chi connectivity index (χ2n) is 7.07. The summed E-state index contributed by atoms with van der Waals surface area (Å²) in [5.41, 5.74) is 6.24. The van der Waals surface area contributed by atoms with Gasteiger partial charge in [-0.3, -0.25) is 5.43 Å². The molecular weight excluding hydrogens is 371 g/mol. The molecule has 8 heteroatoms. The van der Waals surface area contributed by atoms with Gasteiger partial charge in [0.15, 0.2) is 5.11 Å². The molecule has 0 aliphatic heterocycles. The first-order valence-corrected chi connectivity index (χ1v) is 8.66. The first kappa shape index (κ1) is 19.8. The van der Waals surface area contributed by atoms with Crippen molar-refractivity contribution in [2.24, 2.45) is 11.3 Å². The maximum atomic E-state index is 12.8. The Bertz CT molecular complexity index is 686. The number of benzene rings is 1. The molecule has 138 valence electrons. The molecule has 0 bridgehead atoms. The van der Waals surface area contributed by atoms with Crippen LogP contribution in [-0.4, -0.2) is 5.11 Å². The molecule has 1 aromatic carbocycles. The van der Waals surface area contributed by atoms with Gasteiger partial charge in [0.05, 0.1) is 16.3 Å². The predicted octanol–water partition coefficient (Wildman–Crippen LogP) is 5.49. The smallest absolute Gasteiger partial charge is 0.330 e. The first-order valence-electron chi connectivity index (χ1n) is 7.88. The third kappa shape index (κ3) is 5.78. The van der Waals surface area contributed by atoms with E-state index in [-0.39, 0.29) is 21.2 Å². The van der Waals surface area contributed by atoms with Crippen LogP contribution in [0, 0.1) is 11.3 Å². The second-order valence-corrected chi connectivity index (χ2v) is 7.88. The van der Waals surface area contributed by atoms with Gasteiger partial charge in [-0.1, -0.05) is 38.4 Å². The molecule has 1 atom stereocenters. The standard InChI is InChI=1S/C17H21ClF3N3S/c1-10-6-12(9-16(2,3)8-10)23-24-15(25)22-14-7-11(17(19,20)21)4-5-13(14)18/h4-5,7,9-10,23H,6,8H2,1-3H3,(H2,22,24,25)/t10-/m1/s1. The highest BCUT2D eigenvalue weighted by molar-refractivity contribution is 7.80. The highest BCUT2D eigenvalue weighted by atomic mass is 35.5. The van der Waals surface area contributed by atoms with Crippen LogP contribution in [0.15, 0.2) is 30.0 Å². The Labute approximate surface area is 156 Å². The van der Waals surface area contributed by atoms with E-state index in [1.807, 2.05) is 0 Å². The number of rotatable bonds is 3. The quantitative estimate of drug-likeness (QED) is 0.470. The lowest BCUT2D eigenvalue weighted by Gasteiger charge is -2.32. The van der Waals surface area contributed by atoms with E-state index in [2.05, 4.69) is 43.0 Å². The Morgan fingerprint density at radius 3 is 2.60 bits per heavy atom. The molecule has 0 aromatic heterocycles. The molecule has 2 rings (SSSR count). The van der Waals surface area contributed by atoms with E-state index in [0.29, 0.717) is 5.92 Å². The van der Waals surface area contributed by atoms with Crippen molar-refractivity contribution in [3.8, 4) is 0 Å². The van der Waals surface area contributed by atoms with Crippen molar-refractivity contribution in [3.63, 3.8) is 0 Å². The van der Waals surface area contributed by atoms with E-state index in [4.69, 9.17) is 23.8 Å². The lowest BCUT2D eigenvalue weighted by Crippen LogP contribution is -2.41. The fourth-order valence-electron chi connectivity index (χ4n) is 3.11. The van der Waals surface area contributed by atoms with Gasteiger partial charge < -0.3 is 10.7 Å². The Morgan fingerprint density at radius 1 is 1.32 bits per heavy atom. The Hall–Kier alpha value is -1.47. The number of halogens is 4. The predicted molar refractivity (Wildman–Crippen MR) is 99.2 cm³/mol. The fourth-order valence-corrected chi connectivity index (χ4v) is 3.44. The Morgan fingerprint density at radius 2 is 2.00 bits per heavy atom. The van der Waals surface area contributed by atoms with Crippen molar-refractivity contribution < 1.29 is 13.2 Å². The zero-order valence-electron chi connectivity index (χ0n) is 14.2. The Balaban J connectivity index is 2.00. The van der Waals surface area contributed by atoms with Crippen LogP contribution in [-0.2, 0) is 6.18 Å². The summed E-state index contributed by atoms with van der Waals surface area (Å²) in [5.74, 6) is 0.531. The lowest BCUT2D eigenvalue weighted by atomic mass is 9.76. The van der Waals surface area contributed by atoms with Crippen LogP contribution in [0.1, 0.15) is 39.2 Å². The molecular formula is C17H21ClF3N3S. The summed E-state index contributed by atoms with van der Waals surface area (Å²) in [6.07, 6.45) is -0.326. The number of hydrogen-bond donors (Lipinski definition) is 3. The monoisotopic (exact) mass is 391 g/mol. The number of hydrogen-bond acceptors (Lipinski definition) is 2. The van der Waals surface area contributed by atoms with E-state index in [9.17, 15) is 13.2 Å². The molecule has 0 spiro atoms. The largest absolute Gasteiger partial charge is 0.416 e. The van der Waals surface area contributed by atoms with Crippen LogP contribution in [0.4, 0.5) is 18.9 Å². The summed E-state index contributed by atoms with van der Waals surface area (Å²) in [6.45, 7) is 6.49. The maximum Gasteiger partial charge on any atom is 0.416 e. The highest BCUT2D eigenvalue weighted by Gasteiger charge is 2.31. The lowest BCUT2D eigenvalue weighted by molar-refractivity contribution is -0.137. The van der Waals surface area contributed by atoms with Crippen LogP contribution in [0.2, 0.25) is 5.02 Å². The van der Waals surface area contributed by atoms with Gasteiger partial charge in [-0.05, 0) is 54.6 Å². The maximum absolute atomic E-state index is 12.8. The molecule has 3 N–H and O–H groups in total. The van der Waals surface area contributed by atoms with Gasteiger partial charge in [-0.15, -0.1) is 0 Å². The second kappa shape index (κ2) is 7.41. The van der Waals surface area contributed by atoms with Crippen LogP contribution < -0.4 is 16.2 Å². The van der Waals surface area contributed by atoms with E-state index in [0.717, 1.165) is 30.7 Å². The minimum Gasteiger partial charge on any atom is -0.330 e. The first-order chi connectivity index (χ1) is 11.5. The molecule has 0 amide bonds. The molecule has 0 saturated carbocycles. The number of alkyl halides is 3. The SMILES string of the molecule is C[C@@H]1CC(NNC(=S)Nc2cc(C(F)(F)F)ccc2Cl)=CC(C)(C)C1. The summed E-state index contributed by atoms with van der Waals surface area (Å²) in [4.78, 5) is 0. The number of nitrogens with one attached hydrogen (secondary N) is 3. The van der Waals surface area contributed by atoms with E-state index < -0.39 is 11.7 Å². The van der Waals surface area contributed by atoms with Gasteiger partial charge in [0, 0.05) is 5.70 Å². The zero-order valence-corrected chi connectivity index (χ0v) is 15.8. The molecule has 1 aliphatic rings. The number of allylic oxidation sites excluding steroid dienone is 2. The van der Waals surface area contributed by atoms with E-state index in [1.165, 1.54) is 6.07 Å². The summed E-state index contributed by atoms with van der Waals surface area (Å²) in [6, 6.07) is 3.05. The number of hydrazine groups is 1. The van der Waals surface area contributed by atoms with Gasteiger partial charge in [0.2, 0.25) is 0 Å². The molecule has 3 nitrogen and oxygen atoms in total. The summed E-state index contributed by atoms with van der Waals surface area (Å²) >= 11 is 11.1. The highest BCUT2D eigenvalue weighted by Crippen LogP contribution is 2.36. The van der Waals surface area contributed by atoms with Crippen LogP contribution in [0.3, 0.4) is 0 Å².